The van der Waals surface area contributed by atoms with Gasteiger partial charge in [0, 0.05) is 5.75 Å². The molecule has 0 unspecified atom stereocenters. The maximum atomic E-state index is 11.1. The van der Waals surface area contributed by atoms with E-state index in [2.05, 4.69) is 6.92 Å². The van der Waals surface area contributed by atoms with Gasteiger partial charge in [-0.1, -0.05) is 46.0 Å². The van der Waals surface area contributed by atoms with E-state index >= 15 is 0 Å². The van der Waals surface area contributed by atoms with E-state index < -0.39 is 9.84 Å². The van der Waals surface area contributed by atoms with Crippen LogP contribution in [0.15, 0.2) is 0 Å². The van der Waals surface area contributed by atoms with Crippen molar-refractivity contribution in [3.05, 3.63) is 0 Å². The van der Waals surface area contributed by atoms with Gasteiger partial charge in [0.1, 0.15) is 9.84 Å². The molecule has 80 valence electrons. The molecular weight excluding hydrogens is 184 g/mol. The van der Waals surface area contributed by atoms with Gasteiger partial charge in [0.05, 0.1) is 5.75 Å². The summed E-state index contributed by atoms with van der Waals surface area (Å²) < 4.78 is 22.2. The first-order chi connectivity index (χ1) is 6.12. The molecule has 0 saturated heterocycles. The summed E-state index contributed by atoms with van der Waals surface area (Å²) in [6.07, 6.45) is 6.88. The minimum Gasteiger partial charge on any atom is -0.229 e. The van der Waals surface area contributed by atoms with E-state index in [4.69, 9.17) is 0 Å². The van der Waals surface area contributed by atoms with Crippen molar-refractivity contribution >= 4 is 9.84 Å². The molecule has 0 atom stereocenters. The van der Waals surface area contributed by atoms with Gasteiger partial charge in [-0.15, -0.1) is 0 Å². The summed E-state index contributed by atoms with van der Waals surface area (Å²) >= 11 is 0. The summed E-state index contributed by atoms with van der Waals surface area (Å²) in [7, 11) is -2.71. The molecule has 0 aliphatic carbocycles. The average molecular weight is 206 g/mol. The molecule has 0 spiro atoms. The molecule has 0 rings (SSSR count). The molecule has 0 amide bonds. The Kier molecular flexibility index (Phi) is 7.33. The first-order valence-corrected chi connectivity index (χ1v) is 7.15. The quantitative estimate of drug-likeness (QED) is 0.572. The second-order valence-electron chi connectivity index (χ2n) is 3.50. The monoisotopic (exact) mass is 206 g/mol. The lowest BCUT2D eigenvalue weighted by Crippen LogP contribution is -2.08. The fourth-order valence-corrected chi connectivity index (χ4v) is 2.18. The molecule has 2 nitrogen and oxygen atoms in total. The maximum Gasteiger partial charge on any atom is 0.150 e. The van der Waals surface area contributed by atoms with Crippen LogP contribution in [0, 0.1) is 0 Å². The zero-order chi connectivity index (χ0) is 10.2. The normalized spacial score (nSPS) is 11.8. The zero-order valence-corrected chi connectivity index (χ0v) is 9.70. The summed E-state index contributed by atoms with van der Waals surface area (Å²) in [6, 6.07) is 0. The van der Waals surface area contributed by atoms with Gasteiger partial charge < -0.3 is 0 Å². The molecule has 0 aromatic heterocycles. The van der Waals surface area contributed by atoms with Gasteiger partial charge in [-0.2, -0.15) is 0 Å². The maximum absolute atomic E-state index is 11.1. The van der Waals surface area contributed by atoms with Crippen LogP contribution >= 0.6 is 0 Å². The van der Waals surface area contributed by atoms with Crippen LogP contribution in [0.1, 0.15) is 52.4 Å². The third-order valence-electron chi connectivity index (χ3n) is 2.25. The van der Waals surface area contributed by atoms with E-state index in [0.29, 0.717) is 11.5 Å². The van der Waals surface area contributed by atoms with Crippen molar-refractivity contribution in [2.75, 3.05) is 11.5 Å². The van der Waals surface area contributed by atoms with Crippen LogP contribution in [0.4, 0.5) is 0 Å². The topological polar surface area (TPSA) is 34.1 Å². The highest BCUT2D eigenvalue weighted by atomic mass is 32.2. The van der Waals surface area contributed by atoms with E-state index in [0.717, 1.165) is 12.8 Å². The molecule has 0 saturated carbocycles. The van der Waals surface area contributed by atoms with Gasteiger partial charge in [-0.05, 0) is 6.42 Å². The molecule has 3 heteroatoms. The van der Waals surface area contributed by atoms with Crippen molar-refractivity contribution in [2.24, 2.45) is 0 Å². The Morgan fingerprint density at radius 2 is 1.38 bits per heavy atom. The number of rotatable bonds is 8. The highest BCUT2D eigenvalue weighted by Gasteiger charge is 2.05. The summed E-state index contributed by atoms with van der Waals surface area (Å²) in [4.78, 5) is 0. The van der Waals surface area contributed by atoms with Crippen LogP contribution < -0.4 is 0 Å². The van der Waals surface area contributed by atoms with Gasteiger partial charge >= 0.3 is 0 Å². The fraction of sp³-hybridized carbons (Fsp3) is 1.00. The minimum absolute atomic E-state index is 0.294. The van der Waals surface area contributed by atoms with Crippen LogP contribution in [0.2, 0.25) is 0 Å². The molecule has 0 aromatic rings. The van der Waals surface area contributed by atoms with Gasteiger partial charge in [0.15, 0.2) is 0 Å². The first kappa shape index (κ1) is 12.9. The Morgan fingerprint density at radius 3 is 1.92 bits per heavy atom. The lowest BCUT2D eigenvalue weighted by molar-refractivity contribution is 0.584. The fourth-order valence-electron chi connectivity index (χ4n) is 1.25. The standard InChI is InChI=1S/C10H22O2S/c1-3-5-6-7-8-9-10-13(11,12)4-2/h3-10H2,1-2H3. The van der Waals surface area contributed by atoms with Crippen molar-refractivity contribution in [3.63, 3.8) is 0 Å². The van der Waals surface area contributed by atoms with Crippen molar-refractivity contribution in [1.29, 1.82) is 0 Å². The molecule has 0 aromatic carbocycles. The van der Waals surface area contributed by atoms with Gasteiger partial charge in [-0.25, -0.2) is 8.42 Å². The minimum atomic E-state index is -2.71. The van der Waals surface area contributed by atoms with E-state index in [1.807, 2.05) is 0 Å². The predicted molar refractivity (Wildman–Crippen MR) is 57.7 cm³/mol. The second kappa shape index (κ2) is 7.36. The Balaban J connectivity index is 3.26. The van der Waals surface area contributed by atoms with E-state index in [9.17, 15) is 8.42 Å². The predicted octanol–water partition coefficient (Wildman–Crippen LogP) is 2.78. The summed E-state index contributed by atoms with van der Waals surface area (Å²) in [5.74, 6) is 0.678. The van der Waals surface area contributed by atoms with E-state index in [1.165, 1.54) is 25.7 Å². The lowest BCUT2D eigenvalue weighted by atomic mass is 10.1. The summed E-state index contributed by atoms with van der Waals surface area (Å²) in [6.45, 7) is 3.90. The average Bonchev–Trinajstić information content (AvgIpc) is 2.11. The second-order valence-corrected chi connectivity index (χ2v) is 5.98. The molecule has 0 heterocycles. The zero-order valence-electron chi connectivity index (χ0n) is 8.88. The van der Waals surface area contributed by atoms with Crippen LogP contribution in [-0.2, 0) is 9.84 Å². The molecule has 0 bridgehead atoms. The van der Waals surface area contributed by atoms with Gasteiger partial charge in [0.25, 0.3) is 0 Å². The highest BCUT2D eigenvalue weighted by Crippen LogP contribution is 2.06. The first-order valence-electron chi connectivity index (χ1n) is 5.32. The molecule has 0 fully saturated rings. The van der Waals surface area contributed by atoms with Crippen molar-refractivity contribution in [2.45, 2.75) is 52.4 Å². The number of unbranched alkanes of at least 4 members (excludes halogenated alkanes) is 5. The van der Waals surface area contributed by atoms with Crippen LogP contribution in [0.5, 0.6) is 0 Å². The molecule has 0 aliphatic heterocycles. The molecule has 0 aliphatic rings. The van der Waals surface area contributed by atoms with Gasteiger partial charge in [0.2, 0.25) is 0 Å². The smallest absolute Gasteiger partial charge is 0.150 e. The Morgan fingerprint density at radius 1 is 0.846 bits per heavy atom. The molecule has 0 N–H and O–H groups in total. The van der Waals surface area contributed by atoms with Crippen molar-refractivity contribution in [3.8, 4) is 0 Å². The summed E-state index contributed by atoms with van der Waals surface area (Å²) in [5.41, 5.74) is 0. The Hall–Kier alpha value is -0.0500. The number of hydrogen-bond acceptors (Lipinski definition) is 2. The van der Waals surface area contributed by atoms with Crippen LogP contribution in [0.25, 0.3) is 0 Å². The summed E-state index contributed by atoms with van der Waals surface area (Å²) in [5, 5.41) is 0. The van der Waals surface area contributed by atoms with E-state index in [1.54, 1.807) is 6.92 Å². The van der Waals surface area contributed by atoms with Crippen molar-refractivity contribution in [1.82, 2.24) is 0 Å². The third-order valence-corrected chi connectivity index (χ3v) is 4.04. The SMILES string of the molecule is CCCCCCCCS(=O)(=O)CC. The molecule has 0 radical (unpaired) electrons. The largest absolute Gasteiger partial charge is 0.229 e. The number of hydrogen-bond donors (Lipinski definition) is 0. The number of sulfone groups is 1. The van der Waals surface area contributed by atoms with Crippen LogP contribution in [0.3, 0.4) is 0 Å². The Labute approximate surface area is 82.6 Å². The highest BCUT2D eigenvalue weighted by molar-refractivity contribution is 7.91. The van der Waals surface area contributed by atoms with E-state index in [-0.39, 0.29) is 0 Å². The Bertz CT molecular complexity index is 195. The van der Waals surface area contributed by atoms with Crippen molar-refractivity contribution < 1.29 is 8.42 Å². The molecular formula is C10H22O2S. The third kappa shape index (κ3) is 8.28. The van der Waals surface area contributed by atoms with Crippen LogP contribution in [-0.4, -0.2) is 19.9 Å². The molecule has 13 heavy (non-hydrogen) atoms. The van der Waals surface area contributed by atoms with Gasteiger partial charge in [-0.3, -0.25) is 0 Å². The lowest BCUT2D eigenvalue weighted by Gasteiger charge is -2.01.